The molecule has 0 saturated heterocycles. The summed E-state index contributed by atoms with van der Waals surface area (Å²) < 4.78 is 9.92. The number of hydrogen-bond acceptors (Lipinski definition) is 5. The number of rotatable bonds is 8. The SMILES string of the molecule is Cc1cscc1-c1cn(COCC[Si](C)(C)C)c(C=Cc2nc3cccc(C)n3n2)n1. The van der Waals surface area contributed by atoms with Gasteiger partial charge in [-0.2, -0.15) is 11.3 Å². The zero-order valence-electron chi connectivity index (χ0n) is 18.8. The van der Waals surface area contributed by atoms with Crippen molar-refractivity contribution in [3.63, 3.8) is 0 Å². The molecule has 4 heterocycles. The van der Waals surface area contributed by atoms with Crippen LogP contribution in [-0.2, 0) is 11.5 Å². The first-order valence-corrected chi connectivity index (χ1v) is 15.1. The Balaban J connectivity index is 1.59. The molecule has 4 rings (SSSR count). The van der Waals surface area contributed by atoms with E-state index in [2.05, 4.69) is 58.2 Å². The molecule has 8 heteroatoms. The normalized spacial score (nSPS) is 12.4. The van der Waals surface area contributed by atoms with Gasteiger partial charge in [0.2, 0.25) is 0 Å². The largest absolute Gasteiger partial charge is 0.361 e. The van der Waals surface area contributed by atoms with Crippen LogP contribution >= 0.6 is 11.3 Å². The molecule has 31 heavy (non-hydrogen) atoms. The van der Waals surface area contributed by atoms with Crippen molar-refractivity contribution in [3.05, 3.63) is 58.1 Å². The summed E-state index contributed by atoms with van der Waals surface area (Å²) in [4.78, 5) is 9.47. The van der Waals surface area contributed by atoms with Crippen LogP contribution in [0.1, 0.15) is 22.9 Å². The van der Waals surface area contributed by atoms with Crippen LogP contribution in [0.25, 0.3) is 29.1 Å². The molecule has 0 amide bonds. The number of pyridine rings is 1. The fraction of sp³-hybridized carbons (Fsp3) is 0.348. The monoisotopic (exact) mass is 451 g/mol. The van der Waals surface area contributed by atoms with E-state index in [1.54, 1.807) is 11.3 Å². The van der Waals surface area contributed by atoms with Crippen LogP contribution in [0.3, 0.4) is 0 Å². The van der Waals surface area contributed by atoms with Crippen molar-refractivity contribution in [2.24, 2.45) is 0 Å². The Morgan fingerprint density at radius 2 is 1.94 bits per heavy atom. The minimum Gasteiger partial charge on any atom is -0.361 e. The molecule has 0 spiro atoms. The van der Waals surface area contributed by atoms with Crippen molar-refractivity contribution >= 4 is 37.2 Å². The molecule has 0 bridgehead atoms. The summed E-state index contributed by atoms with van der Waals surface area (Å²) in [7, 11) is -1.12. The third-order valence-corrected chi connectivity index (χ3v) is 7.68. The molecular formula is C23H29N5OSSi. The quantitative estimate of drug-likeness (QED) is 0.253. The van der Waals surface area contributed by atoms with Crippen molar-refractivity contribution in [2.45, 2.75) is 46.3 Å². The molecular weight excluding hydrogens is 422 g/mol. The van der Waals surface area contributed by atoms with Gasteiger partial charge in [-0.05, 0) is 55.1 Å². The topological polar surface area (TPSA) is 57.2 Å². The molecule has 6 nitrogen and oxygen atoms in total. The van der Waals surface area contributed by atoms with Crippen molar-refractivity contribution in [3.8, 4) is 11.3 Å². The van der Waals surface area contributed by atoms with Gasteiger partial charge in [0.25, 0.3) is 0 Å². The summed E-state index contributed by atoms with van der Waals surface area (Å²) in [5.41, 5.74) is 5.26. The molecule has 4 aromatic heterocycles. The molecule has 162 valence electrons. The molecule has 0 N–H and O–H groups in total. The average Bonchev–Trinajstić information content (AvgIpc) is 3.41. The van der Waals surface area contributed by atoms with E-state index in [0.29, 0.717) is 12.6 Å². The molecule has 0 saturated carbocycles. The van der Waals surface area contributed by atoms with Crippen molar-refractivity contribution < 1.29 is 4.74 Å². The number of aryl methyl sites for hydroxylation is 2. The van der Waals surface area contributed by atoms with Crippen LogP contribution in [0.5, 0.6) is 0 Å². The van der Waals surface area contributed by atoms with E-state index in [0.717, 1.165) is 35.5 Å². The van der Waals surface area contributed by atoms with Gasteiger partial charge in [-0.25, -0.2) is 14.5 Å². The highest BCUT2D eigenvalue weighted by atomic mass is 32.1. The van der Waals surface area contributed by atoms with Crippen LogP contribution in [-0.4, -0.2) is 38.8 Å². The molecule has 0 atom stereocenters. The third-order valence-electron chi connectivity index (χ3n) is 5.11. The first-order valence-electron chi connectivity index (χ1n) is 10.5. The molecule has 0 aliphatic carbocycles. The van der Waals surface area contributed by atoms with Gasteiger partial charge in [-0.1, -0.05) is 25.7 Å². The second-order valence-electron chi connectivity index (χ2n) is 9.01. The van der Waals surface area contributed by atoms with Crippen molar-refractivity contribution in [1.29, 1.82) is 0 Å². The second kappa shape index (κ2) is 8.90. The average molecular weight is 452 g/mol. The lowest BCUT2D eigenvalue weighted by Gasteiger charge is -2.15. The lowest BCUT2D eigenvalue weighted by atomic mass is 10.2. The van der Waals surface area contributed by atoms with Gasteiger partial charge >= 0.3 is 0 Å². The van der Waals surface area contributed by atoms with Gasteiger partial charge in [-0.3, -0.25) is 0 Å². The minimum absolute atomic E-state index is 0.484. The van der Waals surface area contributed by atoms with Gasteiger partial charge in [0.15, 0.2) is 11.5 Å². The Hall–Kier alpha value is -2.55. The van der Waals surface area contributed by atoms with E-state index >= 15 is 0 Å². The zero-order valence-corrected chi connectivity index (χ0v) is 20.6. The Morgan fingerprint density at radius 1 is 1.10 bits per heavy atom. The van der Waals surface area contributed by atoms with E-state index in [4.69, 9.17) is 9.72 Å². The lowest BCUT2D eigenvalue weighted by Crippen LogP contribution is -2.22. The van der Waals surface area contributed by atoms with Gasteiger partial charge in [0.1, 0.15) is 12.6 Å². The summed E-state index contributed by atoms with van der Waals surface area (Å²) in [5, 5.41) is 8.88. The summed E-state index contributed by atoms with van der Waals surface area (Å²) in [6, 6.07) is 7.12. The molecule has 0 aliphatic heterocycles. The van der Waals surface area contributed by atoms with Gasteiger partial charge in [-0.15, -0.1) is 5.10 Å². The highest BCUT2D eigenvalue weighted by Crippen LogP contribution is 2.26. The maximum Gasteiger partial charge on any atom is 0.175 e. The van der Waals surface area contributed by atoms with E-state index in [1.165, 1.54) is 11.1 Å². The zero-order chi connectivity index (χ0) is 22.0. The van der Waals surface area contributed by atoms with Crippen LogP contribution in [0.15, 0.2) is 35.2 Å². The molecule has 0 aromatic carbocycles. The maximum atomic E-state index is 6.00. The maximum absolute atomic E-state index is 6.00. The number of ether oxygens (including phenoxy) is 1. The molecule has 0 fully saturated rings. The number of nitrogens with zero attached hydrogens (tertiary/aromatic N) is 5. The number of thiophene rings is 1. The fourth-order valence-electron chi connectivity index (χ4n) is 3.23. The van der Waals surface area contributed by atoms with Crippen molar-refractivity contribution in [1.82, 2.24) is 24.1 Å². The van der Waals surface area contributed by atoms with Crippen LogP contribution in [0.2, 0.25) is 25.7 Å². The smallest absolute Gasteiger partial charge is 0.175 e. The minimum atomic E-state index is -1.12. The Labute approximate surface area is 188 Å². The van der Waals surface area contributed by atoms with Crippen molar-refractivity contribution in [2.75, 3.05) is 6.61 Å². The fourth-order valence-corrected chi connectivity index (χ4v) is 4.83. The number of hydrogen-bond donors (Lipinski definition) is 0. The highest BCUT2D eigenvalue weighted by molar-refractivity contribution is 7.08. The van der Waals surface area contributed by atoms with Crippen LogP contribution in [0, 0.1) is 13.8 Å². The lowest BCUT2D eigenvalue weighted by molar-refractivity contribution is 0.0867. The Bertz CT molecular complexity index is 1210. The van der Waals surface area contributed by atoms with Gasteiger partial charge < -0.3 is 9.30 Å². The summed E-state index contributed by atoms with van der Waals surface area (Å²) in [6.07, 6.45) is 5.96. The molecule has 0 radical (unpaired) electrons. The number of aromatic nitrogens is 5. The van der Waals surface area contributed by atoms with Gasteiger partial charge in [0.05, 0.1) is 5.69 Å². The van der Waals surface area contributed by atoms with E-state index in [-0.39, 0.29) is 0 Å². The second-order valence-corrected chi connectivity index (χ2v) is 15.4. The third kappa shape index (κ3) is 5.20. The first kappa shape index (κ1) is 21.7. The Morgan fingerprint density at radius 3 is 2.65 bits per heavy atom. The highest BCUT2D eigenvalue weighted by Gasteiger charge is 2.14. The standard InChI is InChI=1S/C23H29N5OSSi/c1-17-14-30-15-19(17)20-13-27(16-29-11-12-31(3,4)5)22(24-20)10-9-21-25-23-8-6-7-18(2)28(23)26-21/h6-10,13-15H,11-12,16H2,1-5H3. The van der Waals surface area contributed by atoms with E-state index < -0.39 is 8.07 Å². The summed E-state index contributed by atoms with van der Waals surface area (Å²) in [5.74, 6) is 1.50. The van der Waals surface area contributed by atoms with Crippen LogP contribution in [0.4, 0.5) is 0 Å². The first-order chi connectivity index (χ1) is 14.8. The number of imidazole rings is 1. The predicted molar refractivity (Wildman–Crippen MR) is 131 cm³/mol. The molecule has 0 aliphatic rings. The predicted octanol–water partition coefficient (Wildman–Crippen LogP) is 5.75. The van der Waals surface area contributed by atoms with E-state index in [9.17, 15) is 0 Å². The summed E-state index contributed by atoms with van der Waals surface area (Å²) in [6.45, 7) is 12.5. The summed E-state index contributed by atoms with van der Waals surface area (Å²) >= 11 is 1.70. The van der Waals surface area contributed by atoms with Crippen LogP contribution < -0.4 is 0 Å². The molecule has 4 aromatic rings. The van der Waals surface area contributed by atoms with Gasteiger partial charge in [0, 0.05) is 37.5 Å². The Kier molecular flexibility index (Phi) is 6.22. The van der Waals surface area contributed by atoms with E-state index in [1.807, 2.05) is 41.8 Å². The number of fused-ring (bicyclic) bond motifs is 1. The molecule has 0 unspecified atom stereocenters.